The predicted octanol–water partition coefficient (Wildman–Crippen LogP) is 5.49. The van der Waals surface area contributed by atoms with Gasteiger partial charge in [-0.25, -0.2) is 0 Å². The number of anilines is 1. The van der Waals surface area contributed by atoms with Crippen LogP contribution in [0.2, 0.25) is 10.0 Å². The Morgan fingerprint density at radius 1 is 0.970 bits per heavy atom. The molecule has 33 heavy (non-hydrogen) atoms. The van der Waals surface area contributed by atoms with Crippen molar-refractivity contribution < 1.29 is 28.5 Å². The fourth-order valence-electron chi connectivity index (χ4n) is 2.80. The van der Waals surface area contributed by atoms with Gasteiger partial charge in [0.1, 0.15) is 22.9 Å². The minimum atomic E-state index is -1.46. The highest BCUT2D eigenvalue weighted by Crippen LogP contribution is 2.41. The molecule has 1 unspecified atom stereocenters. The molecule has 0 bridgehead atoms. The lowest BCUT2D eigenvalue weighted by molar-refractivity contribution is -0.126. The average Bonchev–Trinajstić information content (AvgIpc) is 2.77. The van der Waals surface area contributed by atoms with Crippen LogP contribution in [0.15, 0.2) is 34.5 Å². The Morgan fingerprint density at radius 3 is 2.21 bits per heavy atom. The van der Waals surface area contributed by atoms with Crippen molar-refractivity contribution in [2.75, 3.05) is 32.8 Å². The quantitative estimate of drug-likeness (QED) is 0.324. The van der Waals surface area contributed by atoms with E-state index in [2.05, 4.69) is 15.5 Å². The van der Waals surface area contributed by atoms with Crippen LogP contribution >= 0.6 is 23.2 Å². The van der Waals surface area contributed by atoms with E-state index in [0.717, 1.165) is 0 Å². The summed E-state index contributed by atoms with van der Waals surface area (Å²) in [6, 6.07) is 4.72. The van der Waals surface area contributed by atoms with Gasteiger partial charge in [-0.15, -0.1) is 0 Å². The van der Waals surface area contributed by atoms with E-state index in [-0.39, 0.29) is 27.2 Å². The highest BCUT2D eigenvalue weighted by Gasteiger charge is 2.26. The molecule has 1 amide bonds. The standard InChI is InChI=1S/C22H25Cl2N3O6/c1-6-32-17-11-18(33-7-2)15(10-14(17)24)26-27-19(12(3)28)22(29)25-20-16(30-4)9-8-13(23)21(20)31-5/h8-11,19H,6-7H2,1-5H3,(H,25,29). The molecule has 0 aliphatic heterocycles. The molecule has 9 nitrogen and oxygen atoms in total. The molecule has 11 heteroatoms. The van der Waals surface area contributed by atoms with E-state index in [1.807, 2.05) is 6.92 Å². The molecule has 0 aromatic heterocycles. The van der Waals surface area contributed by atoms with Crippen molar-refractivity contribution >= 4 is 46.3 Å². The topological polar surface area (TPSA) is 108 Å². The summed E-state index contributed by atoms with van der Waals surface area (Å²) in [6.45, 7) is 5.61. The monoisotopic (exact) mass is 497 g/mol. The van der Waals surface area contributed by atoms with E-state index in [1.165, 1.54) is 27.2 Å². The Hall–Kier alpha value is -3.04. The Kier molecular flexibility index (Phi) is 9.74. The van der Waals surface area contributed by atoms with Crippen molar-refractivity contribution in [3.63, 3.8) is 0 Å². The minimum Gasteiger partial charge on any atom is -0.494 e. The summed E-state index contributed by atoms with van der Waals surface area (Å²) in [5, 5.41) is 11.1. The second-order valence-electron chi connectivity index (χ2n) is 6.49. The first-order valence-corrected chi connectivity index (χ1v) is 10.7. The van der Waals surface area contributed by atoms with E-state index < -0.39 is 17.7 Å². The number of ketones is 1. The van der Waals surface area contributed by atoms with E-state index >= 15 is 0 Å². The summed E-state index contributed by atoms with van der Waals surface area (Å²) in [6.07, 6.45) is 0. The summed E-state index contributed by atoms with van der Waals surface area (Å²) in [4.78, 5) is 25.1. The summed E-state index contributed by atoms with van der Waals surface area (Å²) in [7, 11) is 2.81. The summed E-state index contributed by atoms with van der Waals surface area (Å²) < 4.78 is 21.6. The lowest BCUT2D eigenvalue weighted by atomic mass is 10.2. The third kappa shape index (κ3) is 6.49. The predicted molar refractivity (Wildman–Crippen MR) is 126 cm³/mol. The number of methoxy groups -OCH3 is 2. The van der Waals surface area contributed by atoms with Crippen LogP contribution in [0.25, 0.3) is 0 Å². The molecular formula is C22H25Cl2N3O6. The molecule has 2 rings (SSSR count). The number of benzene rings is 2. The molecule has 2 aromatic rings. The van der Waals surface area contributed by atoms with Gasteiger partial charge in [0.2, 0.25) is 6.04 Å². The summed E-state index contributed by atoms with van der Waals surface area (Å²) in [5.41, 5.74) is 0.403. The summed E-state index contributed by atoms with van der Waals surface area (Å²) in [5.74, 6) is -0.0508. The molecule has 2 aromatic carbocycles. The van der Waals surface area contributed by atoms with Crippen LogP contribution in [0.1, 0.15) is 20.8 Å². The SMILES string of the molecule is CCOc1cc(OCC)c(N=NC(C(C)=O)C(=O)Nc2c(OC)ccc(Cl)c2OC)cc1Cl. The van der Waals surface area contributed by atoms with Crippen LogP contribution in [0, 0.1) is 0 Å². The molecular weight excluding hydrogens is 473 g/mol. The maximum atomic E-state index is 12.9. The average molecular weight is 498 g/mol. The molecule has 178 valence electrons. The van der Waals surface area contributed by atoms with Crippen molar-refractivity contribution in [3.8, 4) is 23.0 Å². The van der Waals surface area contributed by atoms with Gasteiger partial charge in [-0.1, -0.05) is 23.2 Å². The number of ether oxygens (including phenoxy) is 4. The van der Waals surface area contributed by atoms with Crippen molar-refractivity contribution in [2.45, 2.75) is 26.8 Å². The van der Waals surface area contributed by atoms with Gasteiger partial charge in [0.05, 0.1) is 37.5 Å². The van der Waals surface area contributed by atoms with Gasteiger partial charge in [0.15, 0.2) is 17.3 Å². The number of azo groups is 1. The Labute approximate surface area is 202 Å². The van der Waals surface area contributed by atoms with Crippen molar-refractivity contribution in [1.82, 2.24) is 0 Å². The molecule has 0 saturated heterocycles. The normalized spacial score (nSPS) is 11.7. The zero-order valence-corrected chi connectivity index (χ0v) is 20.4. The van der Waals surface area contributed by atoms with Crippen molar-refractivity contribution in [2.24, 2.45) is 10.2 Å². The third-order valence-corrected chi connectivity index (χ3v) is 4.86. The van der Waals surface area contributed by atoms with Gasteiger partial charge >= 0.3 is 0 Å². The number of nitrogens with zero attached hydrogens (tertiary/aromatic N) is 2. The second kappa shape index (κ2) is 12.3. The lowest BCUT2D eigenvalue weighted by Crippen LogP contribution is -2.32. The number of Topliss-reactive ketones (excluding diaryl/α,β-unsaturated/α-hetero) is 1. The minimum absolute atomic E-state index is 0.165. The van der Waals surface area contributed by atoms with Crippen LogP contribution in [-0.4, -0.2) is 45.2 Å². The van der Waals surface area contributed by atoms with Gasteiger partial charge in [-0.05, 0) is 39.0 Å². The molecule has 0 heterocycles. The molecule has 0 saturated carbocycles. The van der Waals surface area contributed by atoms with Crippen LogP contribution in [-0.2, 0) is 9.59 Å². The maximum Gasteiger partial charge on any atom is 0.259 e. The molecule has 0 radical (unpaired) electrons. The Morgan fingerprint density at radius 2 is 1.64 bits per heavy atom. The first kappa shape index (κ1) is 26.2. The Balaban J connectivity index is 2.39. The van der Waals surface area contributed by atoms with Crippen molar-refractivity contribution in [1.29, 1.82) is 0 Å². The number of amides is 1. The summed E-state index contributed by atoms with van der Waals surface area (Å²) >= 11 is 12.4. The zero-order chi connectivity index (χ0) is 24.5. The van der Waals surface area contributed by atoms with E-state index in [9.17, 15) is 9.59 Å². The van der Waals surface area contributed by atoms with E-state index in [0.29, 0.717) is 30.5 Å². The van der Waals surface area contributed by atoms with Gasteiger partial charge in [-0.2, -0.15) is 10.2 Å². The number of hydrogen-bond acceptors (Lipinski definition) is 8. The van der Waals surface area contributed by atoms with Crippen LogP contribution in [0.3, 0.4) is 0 Å². The molecule has 1 N–H and O–H groups in total. The maximum absolute atomic E-state index is 12.9. The number of halogens is 2. The molecule has 0 aliphatic carbocycles. The number of carbonyl (C=O) groups is 2. The van der Waals surface area contributed by atoms with Gasteiger partial charge in [-0.3, -0.25) is 9.59 Å². The van der Waals surface area contributed by atoms with Crippen molar-refractivity contribution in [3.05, 3.63) is 34.3 Å². The number of nitrogens with one attached hydrogen (secondary N) is 1. The first-order valence-electron chi connectivity index (χ1n) is 9.99. The highest BCUT2D eigenvalue weighted by atomic mass is 35.5. The number of rotatable bonds is 11. The van der Waals surface area contributed by atoms with Gasteiger partial charge in [0.25, 0.3) is 5.91 Å². The van der Waals surface area contributed by atoms with Gasteiger partial charge < -0.3 is 24.3 Å². The highest BCUT2D eigenvalue weighted by molar-refractivity contribution is 6.33. The van der Waals surface area contributed by atoms with E-state index in [1.54, 1.807) is 25.1 Å². The molecule has 1 atom stereocenters. The number of hydrogen-bond donors (Lipinski definition) is 1. The molecule has 0 fully saturated rings. The molecule has 0 spiro atoms. The zero-order valence-electron chi connectivity index (χ0n) is 18.9. The van der Waals surface area contributed by atoms with Crippen LogP contribution in [0.4, 0.5) is 11.4 Å². The van der Waals surface area contributed by atoms with Crippen LogP contribution < -0.4 is 24.3 Å². The number of carbonyl (C=O) groups excluding carboxylic acids is 2. The smallest absolute Gasteiger partial charge is 0.259 e. The van der Waals surface area contributed by atoms with E-state index in [4.69, 9.17) is 42.1 Å². The van der Waals surface area contributed by atoms with Gasteiger partial charge in [0, 0.05) is 6.07 Å². The lowest BCUT2D eigenvalue weighted by Gasteiger charge is -2.16. The fraction of sp³-hybridized carbons (Fsp3) is 0.364. The Bertz CT molecular complexity index is 1050. The fourth-order valence-corrected chi connectivity index (χ4v) is 3.24. The largest absolute Gasteiger partial charge is 0.494 e. The molecule has 0 aliphatic rings. The third-order valence-electron chi connectivity index (χ3n) is 4.27. The second-order valence-corrected chi connectivity index (χ2v) is 7.31. The van der Waals surface area contributed by atoms with Crippen LogP contribution in [0.5, 0.6) is 23.0 Å². The first-order chi connectivity index (χ1) is 15.8.